The molecule has 0 bridgehead atoms. The zero-order valence-corrected chi connectivity index (χ0v) is 12.1. The largest absolute Gasteiger partial charge is 0.470 e. The maximum Gasteiger partial charge on any atom is 0.387 e. The molecule has 0 spiro atoms. The van der Waals surface area contributed by atoms with Crippen molar-refractivity contribution in [3.8, 4) is 22.9 Å². The number of aromatic nitrogens is 2. The molecule has 136 valence electrons. The number of ether oxygens (including phenoxy) is 2. The molecule has 2 rings (SSSR count). The Morgan fingerprint density at radius 3 is 2.36 bits per heavy atom. The van der Waals surface area contributed by atoms with Crippen LogP contribution in [-0.4, -0.2) is 29.6 Å². The fraction of sp³-hybridized carbons (Fsp3) is 0.286. The Balaban J connectivity index is 2.44. The van der Waals surface area contributed by atoms with Gasteiger partial charge in [-0.15, -0.1) is 0 Å². The van der Waals surface area contributed by atoms with E-state index in [-0.39, 0.29) is 11.3 Å². The lowest BCUT2D eigenvalue weighted by atomic mass is 10.1. The summed E-state index contributed by atoms with van der Waals surface area (Å²) in [5, 5.41) is 0. The first-order chi connectivity index (χ1) is 11.8. The number of halogens is 7. The van der Waals surface area contributed by atoms with Gasteiger partial charge in [-0.25, -0.2) is 31.9 Å². The van der Waals surface area contributed by atoms with Gasteiger partial charge in [-0.1, -0.05) is 0 Å². The van der Waals surface area contributed by atoms with Gasteiger partial charge in [-0.2, -0.15) is 8.78 Å². The normalized spacial score (nSPS) is 11.4. The van der Waals surface area contributed by atoms with E-state index in [9.17, 15) is 30.7 Å². The van der Waals surface area contributed by atoms with Gasteiger partial charge >= 0.3 is 6.61 Å². The fourth-order valence-corrected chi connectivity index (χ4v) is 1.82. The third kappa shape index (κ3) is 4.94. The molecule has 0 aliphatic heterocycles. The molecule has 0 unspecified atom stereocenters. The molecule has 0 saturated heterocycles. The maximum atomic E-state index is 13.2. The van der Waals surface area contributed by atoms with Crippen molar-refractivity contribution in [3.05, 3.63) is 35.9 Å². The summed E-state index contributed by atoms with van der Waals surface area (Å²) in [7, 11) is 0. The second kappa shape index (κ2) is 7.99. The summed E-state index contributed by atoms with van der Waals surface area (Å²) < 4.78 is 96.9. The van der Waals surface area contributed by atoms with Gasteiger partial charge in [0, 0.05) is 11.6 Å². The summed E-state index contributed by atoms with van der Waals surface area (Å²) in [4.78, 5) is 6.94. The molecule has 0 amide bonds. The van der Waals surface area contributed by atoms with Gasteiger partial charge in [0.25, 0.3) is 12.9 Å². The molecule has 0 N–H and O–H groups in total. The highest BCUT2D eigenvalue weighted by Crippen LogP contribution is 2.33. The lowest BCUT2D eigenvalue weighted by Crippen LogP contribution is -2.11. The van der Waals surface area contributed by atoms with Crippen molar-refractivity contribution >= 4 is 0 Å². The highest BCUT2D eigenvalue weighted by atomic mass is 19.3. The third-order valence-electron chi connectivity index (χ3n) is 2.75. The summed E-state index contributed by atoms with van der Waals surface area (Å²) in [5.74, 6) is -2.37. The molecular weight excluding hydrogens is 361 g/mol. The molecule has 1 heterocycles. The van der Waals surface area contributed by atoms with E-state index in [1.54, 1.807) is 0 Å². The smallest absolute Gasteiger partial charge is 0.387 e. The maximum absolute atomic E-state index is 13.2. The Morgan fingerprint density at radius 2 is 1.76 bits per heavy atom. The standard InChI is InChI=1S/C14H9F7N2O2/c15-6-1-2-7(9(3-6)25-14(20)21)8-4-22-13(24-5-10(16)17)11(23-8)12(18)19/h1-4,10,12,14H,5H2. The molecule has 4 nitrogen and oxygen atoms in total. The van der Waals surface area contributed by atoms with Crippen LogP contribution in [0.5, 0.6) is 11.6 Å². The molecule has 2 aromatic rings. The molecule has 0 radical (unpaired) electrons. The van der Waals surface area contributed by atoms with Gasteiger partial charge in [0.1, 0.15) is 11.6 Å². The van der Waals surface area contributed by atoms with E-state index < -0.39 is 49.2 Å². The van der Waals surface area contributed by atoms with Gasteiger partial charge in [0.2, 0.25) is 5.88 Å². The summed E-state index contributed by atoms with van der Waals surface area (Å²) in [6.45, 7) is -4.47. The molecular formula is C14H9F7N2O2. The Labute approximate surface area is 136 Å². The zero-order chi connectivity index (χ0) is 18.6. The highest BCUT2D eigenvalue weighted by molar-refractivity contribution is 5.67. The molecule has 0 atom stereocenters. The number of nitrogens with zero attached hydrogens (tertiary/aromatic N) is 2. The lowest BCUT2D eigenvalue weighted by Gasteiger charge is -2.13. The number of benzene rings is 1. The topological polar surface area (TPSA) is 44.2 Å². The Kier molecular flexibility index (Phi) is 5.99. The Hall–Kier alpha value is -2.59. The van der Waals surface area contributed by atoms with Crippen LogP contribution in [0.1, 0.15) is 12.1 Å². The molecule has 0 saturated carbocycles. The first-order valence-corrected chi connectivity index (χ1v) is 6.58. The highest BCUT2D eigenvalue weighted by Gasteiger charge is 2.22. The molecule has 0 aliphatic rings. The summed E-state index contributed by atoms with van der Waals surface area (Å²) in [6.07, 6.45) is -5.33. The Morgan fingerprint density at radius 1 is 1.04 bits per heavy atom. The van der Waals surface area contributed by atoms with Crippen molar-refractivity contribution < 1.29 is 40.2 Å². The number of alkyl halides is 6. The van der Waals surface area contributed by atoms with Gasteiger partial charge < -0.3 is 9.47 Å². The average Bonchev–Trinajstić information content (AvgIpc) is 2.52. The van der Waals surface area contributed by atoms with E-state index in [0.717, 1.165) is 18.3 Å². The van der Waals surface area contributed by atoms with Crippen LogP contribution in [0.25, 0.3) is 11.3 Å². The van der Waals surface area contributed by atoms with Crippen LogP contribution in [-0.2, 0) is 0 Å². The van der Waals surface area contributed by atoms with Crippen LogP contribution in [0.2, 0.25) is 0 Å². The van der Waals surface area contributed by atoms with Crippen molar-refractivity contribution in [1.29, 1.82) is 0 Å². The third-order valence-corrected chi connectivity index (χ3v) is 2.75. The summed E-state index contributed by atoms with van der Waals surface area (Å²) in [6, 6.07) is 2.47. The van der Waals surface area contributed by atoms with Gasteiger partial charge in [0.05, 0.1) is 11.9 Å². The van der Waals surface area contributed by atoms with Gasteiger partial charge in [-0.05, 0) is 12.1 Å². The molecule has 0 aliphatic carbocycles. The van der Waals surface area contributed by atoms with Crippen molar-refractivity contribution in [3.63, 3.8) is 0 Å². The second-order valence-electron chi connectivity index (χ2n) is 4.47. The van der Waals surface area contributed by atoms with E-state index >= 15 is 0 Å². The van der Waals surface area contributed by atoms with Crippen molar-refractivity contribution in [1.82, 2.24) is 9.97 Å². The van der Waals surface area contributed by atoms with E-state index in [1.165, 1.54) is 0 Å². The minimum absolute atomic E-state index is 0.239. The molecule has 0 fully saturated rings. The van der Waals surface area contributed by atoms with E-state index in [4.69, 9.17) is 0 Å². The van der Waals surface area contributed by atoms with Crippen LogP contribution < -0.4 is 9.47 Å². The van der Waals surface area contributed by atoms with Gasteiger partial charge in [-0.3, -0.25) is 0 Å². The van der Waals surface area contributed by atoms with Crippen molar-refractivity contribution in [2.75, 3.05) is 6.61 Å². The fourth-order valence-electron chi connectivity index (χ4n) is 1.82. The summed E-state index contributed by atoms with van der Waals surface area (Å²) in [5.41, 5.74) is -1.66. The first kappa shape index (κ1) is 18.7. The van der Waals surface area contributed by atoms with E-state index in [2.05, 4.69) is 19.4 Å². The first-order valence-electron chi connectivity index (χ1n) is 6.58. The number of hydrogen-bond donors (Lipinski definition) is 0. The zero-order valence-electron chi connectivity index (χ0n) is 12.1. The Bertz CT molecular complexity index is 728. The van der Waals surface area contributed by atoms with Crippen LogP contribution in [0.4, 0.5) is 30.7 Å². The van der Waals surface area contributed by atoms with Crippen LogP contribution in [0, 0.1) is 5.82 Å². The predicted molar refractivity (Wildman–Crippen MR) is 70.5 cm³/mol. The minimum atomic E-state index is -3.29. The molecule has 25 heavy (non-hydrogen) atoms. The van der Waals surface area contributed by atoms with Crippen molar-refractivity contribution in [2.45, 2.75) is 19.5 Å². The van der Waals surface area contributed by atoms with Crippen LogP contribution >= 0.6 is 0 Å². The minimum Gasteiger partial charge on any atom is -0.470 e. The quantitative estimate of drug-likeness (QED) is 0.675. The lowest BCUT2D eigenvalue weighted by molar-refractivity contribution is -0.0496. The van der Waals surface area contributed by atoms with Crippen LogP contribution in [0.15, 0.2) is 24.4 Å². The number of rotatable bonds is 7. The molecule has 1 aromatic carbocycles. The van der Waals surface area contributed by atoms with Crippen molar-refractivity contribution in [2.24, 2.45) is 0 Å². The average molecular weight is 370 g/mol. The SMILES string of the molecule is Fc1ccc(-c2cnc(OCC(F)F)c(C(F)F)n2)c(OC(F)F)c1. The van der Waals surface area contributed by atoms with E-state index in [1.807, 2.05) is 0 Å². The van der Waals surface area contributed by atoms with Crippen LogP contribution in [0.3, 0.4) is 0 Å². The second-order valence-corrected chi connectivity index (χ2v) is 4.47. The monoisotopic (exact) mass is 370 g/mol. The summed E-state index contributed by atoms with van der Waals surface area (Å²) >= 11 is 0. The van der Waals surface area contributed by atoms with Gasteiger partial charge in [0.15, 0.2) is 12.3 Å². The predicted octanol–water partition coefficient (Wildman–Crippen LogP) is 4.47. The molecule has 11 heteroatoms. The number of hydrogen-bond acceptors (Lipinski definition) is 4. The van der Waals surface area contributed by atoms with E-state index in [0.29, 0.717) is 6.07 Å². The molecule has 1 aromatic heterocycles.